The number of nitrogens with zero attached hydrogens (tertiary/aromatic N) is 2. The van der Waals surface area contributed by atoms with E-state index in [9.17, 15) is 4.39 Å². The van der Waals surface area contributed by atoms with Gasteiger partial charge in [-0.25, -0.2) is 9.37 Å². The van der Waals surface area contributed by atoms with Crippen LogP contribution in [0.25, 0.3) is 16.7 Å². The Balaban J connectivity index is 2.38. The van der Waals surface area contributed by atoms with Gasteiger partial charge in [-0.3, -0.25) is 4.57 Å². The molecule has 0 aliphatic rings. The Morgan fingerprint density at radius 1 is 1.20 bits per heavy atom. The molecule has 0 unspecified atom stereocenters. The fourth-order valence-corrected chi connectivity index (χ4v) is 2.85. The van der Waals surface area contributed by atoms with E-state index in [-0.39, 0.29) is 5.82 Å². The van der Waals surface area contributed by atoms with Crippen LogP contribution in [0.15, 0.2) is 34.8 Å². The Labute approximate surface area is 124 Å². The van der Waals surface area contributed by atoms with Crippen LogP contribution in [-0.4, -0.2) is 9.55 Å². The fraction of sp³-hybridized carbons (Fsp3) is 0.133. The Hall–Kier alpha value is -1.88. The fourth-order valence-electron chi connectivity index (χ4n) is 2.39. The van der Waals surface area contributed by atoms with Crippen LogP contribution >= 0.6 is 15.9 Å². The number of anilines is 1. The lowest BCUT2D eigenvalue weighted by Crippen LogP contribution is -2.03. The van der Waals surface area contributed by atoms with Crippen LogP contribution in [0.2, 0.25) is 0 Å². The molecule has 1 heterocycles. The quantitative estimate of drug-likeness (QED) is 0.727. The molecular formula is C15H13BrFN3. The van der Waals surface area contributed by atoms with E-state index in [2.05, 4.69) is 20.9 Å². The molecule has 0 aliphatic carbocycles. The molecule has 0 fully saturated rings. The second-order valence-electron chi connectivity index (χ2n) is 4.80. The minimum Gasteiger partial charge on any atom is -0.369 e. The first-order valence-corrected chi connectivity index (χ1v) is 6.98. The van der Waals surface area contributed by atoms with Crippen molar-refractivity contribution in [1.82, 2.24) is 9.55 Å². The number of aromatic nitrogens is 2. The van der Waals surface area contributed by atoms with Gasteiger partial charge in [0.2, 0.25) is 5.95 Å². The summed E-state index contributed by atoms with van der Waals surface area (Å²) >= 11 is 3.19. The third-order valence-electron chi connectivity index (χ3n) is 3.39. The van der Waals surface area contributed by atoms with Crippen molar-refractivity contribution in [3.8, 4) is 5.69 Å². The molecule has 0 spiro atoms. The van der Waals surface area contributed by atoms with Crippen molar-refractivity contribution in [3.63, 3.8) is 0 Å². The van der Waals surface area contributed by atoms with Gasteiger partial charge in [0.1, 0.15) is 5.82 Å². The van der Waals surface area contributed by atoms with Crippen LogP contribution in [0.3, 0.4) is 0 Å². The van der Waals surface area contributed by atoms with Gasteiger partial charge in [-0.1, -0.05) is 12.1 Å². The van der Waals surface area contributed by atoms with Crippen molar-refractivity contribution < 1.29 is 4.39 Å². The largest absolute Gasteiger partial charge is 0.369 e. The van der Waals surface area contributed by atoms with Crippen molar-refractivity contribution in [2.24, 2.45) is 0 Å². The lowest BCUT2D eigenvalue weighted by Gasteiger charge is -2.11. The van der Waals surface area contributed by atoms with Crippen molar-refractivity contribution in [3.05, 3.63) is 51.7 Å². The monoisotopic (exact) mass is 333 g/mol. The minimum absolute atomic E-state index is 0.320. The molecule has 0 bridgehead atoms. The molecule has 0 atom stereocenters. The molecule has 0 aliphatic heterocycles. The van der Waals surface area contributed by atoms with E-state index >= 15 is 0 Å². The molecule has 2 aromatic carbocycles. The lowest BCUT2D eigenvalue weighted by molar-refractivity contribution is 0.619. The van der Waals surface area contributed by atoms with Crippen molar-refractivity contribution >= 4 is 32.9 Å². The number of hydrogen-bond acceptors (Lipinski definition) is 2. The van der Waals surface area contributed by atoms with Crippen LogP contribution in [0.4, 0.5) is 10.3 Å². The number of rotatable bonds is 1. The van der Waals surface area contributed by atoms with Gasteiger partial charge < -0.3 is 5.73 Å². The van der Waals surface area contributed by atoms with Gasteiger partial charge in [0, 0.05) is 0 Å². The van der Waals surface area contributed by atoms with Crippen LogP contribution in [0.1, 0.15) is 11.1 Å². The molecule has 3 aromatic rings. The van der Waals surface area contributed by atoms with E-state index in [1.807, 2.05) is 32.0 Å². The molecule has 2 N–H and O–H groups in total. The number of fused-ring (bicyclic) bond motifs is 1. The lowest BCUT2D eigenvalue weighted by atomic mass is 10.1. The van der Waals surface area contributed by atoms with E-state index in [0.717, 1.165) is 22.2 Å². The molecule has 1 aromatic heterocycles. The van der Waals surface area contributed by atoms with Crippen LogP contribution in [-0.2, 0) is 0 Å². The van der Waals surface area contributed by atoms with Crippen molar-refractivity contribution in [2.75, 3.05) is 5.73 Å². The van der Waals surface area contributed by atoms with Crippen LogP contribution < -0.4 is 5.73 Å². The number of hydrogen-bond donors (Lipinski definition) is 1. The van der Waals surface area contributed by atoms with Crippen LogP contribution in [0.5, 0.6) is 0 Å². The van der Waals surface area contributed by atoms with Gasteiger partial charge >= 0.3 is 0 Å². The second-order valence-corrected chi connectivity index (χ2v) is 5.66. The standard InChI is InChI=1S/C15H13BrFN3/c1-8-4-3-5-12-14(8)19-15(18)20(12)13-7-11(17)10(16)6-9(13)2/h3-7H,1-2H3,(H2,18,19). The molecule has 102 valence electrons. The molecule has 5 heteroatoms. The molecule has 0 saturated heterocycles. The normalized spacial score (nSPS) is 11.2. The highest BCUT2D eigenvalue weighted by Crippen LogP contribution is 2.29. The number of imidazole rings is 1. The van der Waals surface area contributed by atoms with E-state index in [4.69, 9.17) is 5.73 Å². The zero-order chi connectivity index (χ0) is 14.4. The first-order chi connectivity index (χ1) is 9.49. The zero-order valence-corrected chi connectivity index (χ0v) is 12.7. The third-order valence-corrected chi connectivity index (χ3v) is 4.00. The van der Waals surface area contributed by atoms with Gasteiger partial charge in [0.05, 0.1) is 21.2 Å². The summed E-state index contributed by atoms with van der Waals surface area (Å²) in [6, 6.07) is 9.07. The summed E-state index contributed by atoms with van der Waals surface area (Å²) in [5, 5.41) is 0. The molecule has 20 heavy (non-hydrogen) atoms. The summed E-state index contributed by atoms with van der Waals surface area (Å²) in [6.07, 6.45) is 0. The van der Waals surface area contributed by atoms with E-state index in [0.29, 0.717) is 16.1 Å². The number of benzene rings is 2. The van der Waals surface area contributed by atoms with Gasteiger partial charge in [-0.15, -0.1) is 0 Å². The highest BCUT2D eigenvalue weighted by Gasteiger charge is 2.14. The average Bonchev–Trinajstić information content (AvgIpc) is 2.72. The summed E-state index contributed by atoms with van der Waals surface area (Å²) in [5.74, 6) is 0.0404. The Kier molecular flexibility index (Phi) is 3.01. The van der Waals surface area contributed by atoms with Crippen molar-refractivity contribution in [2.45, 2.75) is 13.8 Å². The smallest absolute Gasteiger partial charge is 0.205 e. The van der Waals surface area contributed by atoms with Gasteiger partial charge in [-0.2, -0.15) is 0 Å². The van der Waals surface area contributed by atoms with Gasteiger partial charge in [-0.05, 0) is 59.1 Å². The highest BCUT2D eigenvalue weighted by atomic mass is 79.9. The molecule has 0 saturated carbocycles. The first-order valence-electron chi connectivity index (χ1n) is 6.18. The number of nitrogens with two attached hydrogens (primary N) is 1. The number of aryl methyl sites for hydroxylation is 2. The third kappa shape index (κ3) is 1.89. The predicted octanol–water partition coefficient (Wildman–Crippen LogP) is 4.13. The average molecular weight is 334 g/mol. The van der Waals surface area contributed by atoms with E-state index < -0.39 is 0 Å². The molecular weight excluding hydrogens is 321 g/mol. The molecule has 3 rings (SSSR count). The summed E-state index contributed by atoms with van der Waals surface area (Å²) in [4.78, 5) is 4.39. The Morgan fingerprint density at radius 2 is 1.95 bits per heavy atom. The zero-order valence-electron chi connectivity index (χ0n) is 11.1. The number of halogens is 2. The number of nitrogen functional groups attached to an aromatic ring is 1. The maximum absolute atomic E-state index is 13.8. The van der Waals surface area contributed by atoms with Crippen LogP contribution in [0, 0.1) is 19.7 Å². The SMILES string of the molecule is Cc1cc(Br)c(F)cc1-n1c(N)nc2c(C)cccc21. The molecule has 0 amide bonds. The topological polar surface area (TPSA) is 43.8 Å². The highest BCUT2D eigenvalue weighted by molar-refractivity contribution is 9.10. The predicted molar refractivity (Wildman–Crippen MR) is 82.6 cm³/mol. The summed E-state index contributed by atoms with van der Waals surface area (Å²) in [5.41, 5.74) is 10.4. The maximum atomic E-state index is 13.8. The summed E-state index contributed by atoms with van der Waals surface area (Å²) < 4.78 is 16.1. The Bertz CT molecular complexity index is 824. The summed E-state index contributed by atoms with van der Waals surface area (Å²) in [7, 11) is 0. The second kappa shape index (κ2) is 4.59. The maximum Gasteiger partial charge on any atom is 0.205 e. The minimum atomic E-state index is -0.320. The first kappa shape index (κ1) is 13.1. The van der Waals surface area contributed by atoms with E-state index in [1.165, 1.54) is 6.07 Å². The Morgan fingerprint density at radius 3 is 2.70 bits per heavy atom. The molecule has 3 nitrogen and oxygen atoms in total. The van der Waals surface area contributed by atoms with Crippen molar-refractivity contribution in [1.29, 1.82) is 0 Å². The molecule has 0 radical (unpaired) electrons. The summed E-state index contributed by atoms with van der Waals surface area (Å²) in [6.45, 7) is 3.90. The number of para-hydroxylation sites is 1. The van der Waals surface area contributed by atoms with Gasteiger partial charge in [0.15, 0.2) is 0 Å². The van der Waals surface area contributed by atoms with E-state index in [1.54, 1.807) is 10.6 Å². The van der Waals surface area contributed by atoms with Gasteiger partial charge in [0.25, 0.3) is 0 Å².